The van der Waals surface area contributed by atoms with Crippen molar-refractivity contribution in [1.29, 1.82) is 0 Å². The number of hydrogen-bond acceptors (Lipinski definition) is 8. The van der Waals surface area contributed by atoms with Crippen molar-refractivity contribution in [2.24, 2.45) is 0 Å². The van der Waals surface area contributed by atoms with Crippen LogP contribution in [0.2, 0.25) is 0 Å². The molecule has 0 saturated carbocycles. The summed E-state index contributed by atoms with van der Waals surface area (Å²) < 4.78 is 68.7. The van der Waals surface area contributed by atoms with Crippen LogP contribution in [0.5, 0.6) is 0 Å². The minimum absolute atomic E-state index is 0.0156. The third-order valence-corrected chi connectivity index (χ3v) is 7.23. The minimum atomic E-state index is -4.51. The van der Waals surface area contributed by atoms with Gasteiger partial charge < -0.3 is 24.0 Å². The number of aromatic nitrogens is 5. The SMILES string of the molecule is C[C@H](n1c([C@@H](C)OC2CCCCO2)nc2cnc(Cc3ccnc(N4CC[C@H](O)[C@H](F)C4)n3)cc21)C(F)(F)F. The molecule has 1 unspecified atom stereocenters. The monoisotopic (exact) mass is 552 g/mol. The van der Waals surface area contributed by atoms with Crippen molar-refractivity contribution in [3.63, 3.8) is 0 Å². The summed E-state index contributed by atoms with van der Waals surface area (Å²) in [5.41, 5.74) is 1.69. The van der Waals surface area contributed by atoms with Crippen LogP contribution in [-0.2, 0) is 15.9 Å². The summed E-state index contributed by atoms with van der Waals surface area (Å²) in [6, 6.07) is 1.43. The molecule has 0 spiro atoms. The molecule has 13 heteroatoms. The zero-order valence-corrected chi connectivity index (χ0v) is 21.8. The van der Waals surface area contributed by atoms with E-state index in [4.69, 9.17) is 9.47 Å². The van der Waals surface area contributed by atoms with Crippen LogP contribution in [0.1, 0.15) is 68.9 Å². The molecular weight excluding hydrogens is 520 g/mol. The van der Waals surface area contributed by atoms with Gasteiger partial charge in [-0.2, -0.15) is 13.2 Å². The van der Waals surface area contributed by atoms with Crippen LogP contribution in [-0.4, -0.2) is 74.0 Å². The van der Waals surface area contributed by atoms with E-state index in [1.165, 1.54) is 10.8 Å². The van der Waals surface area contributed by atoms with Gasteiger partial charge in [0.15, 0.2) is 6.29 Å². The largest absolute Gasteiger partial charge is 0.408 e. The lowest BCUT2D eigenvalue weighted by atomic mass is 10.1. The third kappa shape index (κ3) is 6.15. The van der Waals surface area contributed by atoms with Crippen molar-refractivity contribution in [3.8, 4) is 0 Å². The molecule has 0 aliphatic carbocycles. The molecule has 0 bridgehead atoms. The van der Waals surface area contributed by atoms with Crippen LogP contribution >= 0.6 is 0 Å². The van der Waals surface area contributed by atoms with Gasteiger partial charge in [-0.25, -0.2) is 19.3 Å². The van der Waals surface area contributed by atoms with Gasteiger partial charge in [0.05, 0.1) is 30.1 Å². The standard InChI is InChI=1S/C26H32F4N6O3/c1-15(39-23-5-3-4-10-38-23)24-34-20-13-32-18(12-21(20)36(24)16(2)26(28,29)30)11-17-6-8-31-25(33-17)35-9-7-22(37)19(27)14-35/h6,8,12-13,15-16,19,22-23,37H,3-5,7,9-11,14H2,1-2H3/t15-,16+,19-,22+,23?/m1/s1. The Labute approximate surface area is 223 Å². The highest BCUT2D eigenvalue weighted by Gasteiger charge is 2.40. The lowest BCUT2D eigenvalue weighted by molar-refractivity contribution is -0.190. The molecule has 9 nitrogen and oxygen atoms in total. The molecule has 2 aliphatic rings. The molecule has 1 N–H and O–H groups in total. The maximum Gasteiger partial charge on any atom is 0.408 e. The van der Waals surface area contributed by atoms with Crippen molar-refractivity contribution in [2.75, 3.05) is 24.6 Å². The van der Waals surface area contributed by atoms with E-state index in [2.05, 4.69) is 19.9 Å². The molecular formula is C26H32F4N6O3. The Morgan fingerprint density at radius 2 is 1.97 bits per heavy atom. The number of nitrogens with zero attached hydrogens (tertiary/aromatic N) is 6. The van der Waals surface area contributed by atoms with E-state index >= 15 is 0 Å². The fourth-order valence-corrected chi connectivity index (χ4v) is 5.00. The van der Waals surface area contributed by atoms with Crippen molar-refractivity contribution in [1.82, 2.24) is 24.5 Å². The molecule has 0 amide bonds. The number of rotatable bonds is 7. The number of imidazole rings is 1. The second-order valence-corrected chi connectivity index (χ2v) is 10.1. The van der Waals surface area contributed by atoms with Crippen molar-refractivity contribution < 1.29 is 32.1 Å². The van der Waals surface area contributed by atoms with Crippen molar-refractivity contribution >= 4 is 17.0 Å². The molecule has 0 radical (unpaired) electrons. The fourth-order valence-electron chi connectivity index (χ4n) is 5.00. The zero-order chi connectivity index (χ0) is 27.7. The van der Waals surface area contributed by atoms with E-state index in [1.54, 1.807) is 30.2 Å². The molecule has 39 heavy (non-hydrogen) atoms. The van der Waals surface area contributed by atoms with Gasteiger partial charge in [-0.15, -0.1) is 0 Å². The van der Waals surface area contributed by atoms with Gasteiger partial charge in [0.1, 0.15) is 29.7 Å². The first-order valence-electron chi connectivity index (χ1n) is 13.2. The van der Waals surface area contributed by atoms with Crippen molar-refractivity contribution in [3.05, 3.63) is 41.7 Å². The van der Waals surface area contributed by atoms with Gasteiger partial charge in [0, 0.05) is 31.5 Å². The Balaban J connectivity index is 1.43. The smallest absolute Gasteiger partial charge is 0.390 e. The van der Waals surface area contributed by atoms with Gasteiger partial charge in [0.2, 0.25) is 5.95 Å². The summed E-state index contributed by atoms with van der Waals surface area (Å²) in [6.07, 6.45) is -2.09. The summed E-state index contributed by atoms with van der Waals surface area (Å²) in [5.74, 6) is 0.484. The number of halogens is 4. The molecule has 3 aromatic heterocycles. The normalized spacial score (nSPS) is 24.2. The predicted octanol–water partition coefficient (Wildman–Crippen LogP) is 4.45. The Bertz CT molecular complexity index is 1280. The number of ether oxygens (including phenoxy) is 2. The second-order valence-electron chi connectivity index (χ2n) is 10.1. The molecule has 3 aromatic rings. The topological polar surface area (TPSA) is 98.4 Å². The average molecular weight is 553 g/mol. The first kappa shape index (κ1) is 27.7. The molecule has 2 aliphatic heterocycles. The van der Waals surface area contributed by atoms with E-state index in [0.717, 1.165) is 19.8 Å². The zero-order valence-electron chi connectivity index (χ0n) is 21.8. The maximum atomic E-state index is 14.0. The number of fused-ring (bicyclic) bond motifs is 1. The number of hydrogen-bond donors (Lipinski definition) is 1. The van der Waals surface area contributed by atoms with Crippen LogP contribution in [0.25, 0.3) is 11.0 Å². The first-order valence-corrected chi connectivity index (χ1v) is 13.2. The number of pyridine rings is 1. The second kappa shape index (κ2) is 11.3. The minimum Gasteiger partial charge on any atom is -0.390 e. The number of aliphatic hydroxyl groups is 1. The molecule has 2 saturated heterocycles. The van der Waals surface area contributed by atoms with Gasteiger partial charge in [0.25, 0.3) is 0 Å². The molecule has 5 atom stereocenters. The van der Waals surface area contributed by atoms with E-state index in [-0.39, 0.29) is 25.2 Å². The molecule has 212 valence electrons. The van der Waals surface area contributed by atoms with Crippen LogP contribution in [0.15, 0.2) is 24.5 Å². The van der Waals surface area contributed by atoms with Crippen LogP contribution in [0.3, 0.4) is 0 Å². The van der Waals surface area contributed by atoms with E-state index < -0.39 is 36.9 Å². The van der Waals surface area contributed by atoms with Gasteiger partial charge in [-0.3, -0.25) is 4.98 Å². The van der Waals surface area contributed by atoms with E-state index in [0.29, 0.717) is 47.9 Å². The Morgan fingerprint density at radius 3 is 2.69 bits per heavy atom. The summed E-state index contributed by atoms with van der Waals surface area (Å²) in [5, 5.41) is 9.67. The Morgan fingerprint density at radius 1 is 1.15 bits per heavy atom. The van der Waals surface area contributed by atoms with E-state index in [9.17, 15) is 22.7 Å². The third-order valence-electron chi connectivity index (χ3n) is 7.23. The number of piperidine rings is 1. The molecule has 5 rings (SSSR count). The number of anilines is 1. The summed E-state index contributed by atoms with van der Waals surface area (Å²) in [4.78, 5) is 19.3. The maximum absolute atomic E-state index is 14.0. The molecule has 5 heterocycles. The summed E-state index contributed by atoms with van der Waals surface area (Å²) in [7, 11) is 0. The molecule has 2 fully saturated rings. The van der Waals surface area contributed by atoms with Gasteiger partial charge in [-0.05, 0) is 51.7 Å². The van der Waals surface area contributed by atoms with Crippen LogP contribution in [0, 0.1) is 0 Å². The summed E-state index contributed by atoms with van der Waals surface area (Å²) in [6.45, 7) is 3.73. The summed E-state index contributed by atoms with van der Waals surface area (Å²) >= 11 is 0. The number of alkyl halides is 4. The van der Waals surface area contributed by atoms with Gasteiger partial charge in [-0.1, -0.05) is 0 Å². The fraction of sp³-hybridized carbons (Fsp3) is 0.615. The Kier molecular flexibility index (Phi) is 8.01. The van der Waals surface area contributed by atoms with Crippen molar-refractivity contribution in [2.45, 2.75) is 82.8 Å². The first-order chi connectivity index (χ1) is 18.6. The highest BCUT2D eigenvalue weighted by Crippen LogP contribution is 2.37. The van der Waals surface area contributed by atoms with Crippen LogP contribution < -0.4 is 4.90 Å². The quantitative estimate of drug-likeness (QED) is 0.430. The highest BCUT2D eigenvalue weighted by atomic mass is 19.4. The van der Waals surface area contributed by atoms with Gasteiger partial charge >= 0.3 is 6.18 Å². The Hall–Kier alpha value is -2.90. The van der Waals surface area contributed by atoms with Crippen LogP contribution in [0.4, 0.5) is 23.5 Å². The molecule has 0 aromatic carbocycles. The van der Waals surface area contributed by atoms with E-state index in [1.807, 2.05) is 0 Å². The lowest BCUT2D eigenvalue weighted by Gasteiger charge is -2.32. The highest BCUT2D eigenvalue weighted by molar-refractivity contribution is 5.76. The predicted molar refractivity (Wildman–Crippen MR) is 134 cm³/mol. The lowest BCUT2D eigenvalue weighted by Crippen LogP contribution is -2.45. The average Bonchev–Trinajstić information content (AvgIpc) is 3.29. The number of aliphatic hydroxyl groups excluding tert-OH is 1.